The van der Waals surface area contributed by atoms with E-state index in [9.17, 15) is 0 Å². The fourth-order valence-corrected chi connectivity index (χ4v) is 2.26. The van der Waals surface area contributed by atoms with E-state index < -0.39 is 0 Å². The Kier molecular flexibility index (Phi) is 2.60. The van der Waals surface area contributed by atoms with Crippen LogP contribution in [0, 0.1) is 0 Å². The normalized spacial score (nSPS) is 13.0. The smallest absolute Gasteiger partial charge is 0.130 e. The summed E-state index contributed by atoms with van der Waals surface area (Å²) in [7, 11) is 3.93. The second-order valence-corrected chi connectivity index (χ2v) is 4.25. The van der Waals surface area contributed by atoms with E-state index in [2.05, 4.69) is 21.5 Å². The summed E-state index contributed by atoms with van der Waals surface area (Å²) in [6, 6.07) is 6.10. The Morgan fingerprint density at radius 2 is 2.17 bits per heavy atom. The van der Waals surface area contributed by atoms with Crippen molar-refractivity contribution in [3.8, 4) is 0 Å². The highest BCUT2D eigenvalue weighted by molar-refractivity contribution is 5.56. The predicted octanol–water partition coefficient (Wildman–Crippen LogP) is 1.38. The van der Waals surface area contributed by atoms with Gasteiger partial charge in [-0.2, -0.15) is 5.10 Å². The van der Waals surface area contributed by atoms with Crippen molar-refractivity contribution in [2.75, 3.05) is 7.05 Å². The number of nitrogens with zero attached hydrogens (tertiary/aromatic N) is 4. The molecule has 3 aromatic rings. The first-order valence-electron chi connectivity index (χ1n) is 5.88. The van der Waals surface area contributed by atoms with E-state index in [0.29, 0.717) is 0 Å². The number of rotatable bonds is 3. The van der Waals surface area contributed by atoms with Gasteiger partial charge in [-0.25, -0.2) is 9.50 Å². The monoisotopic (exact) mass is 241 g/mol. The molecule has 5 nitrogen and oxygen atoms in total. The molecule has 1 atom stereocenters. The first kappa shape index (κ1) is 11.0. The summed E-state index contributed by atoms with van der Waals surface area (Å²) < 4.78 is 3.90. The zero-order valence-electron chi connectivity index (χ0n) is 10.4. The van der Waals surface area contributed by atoms with Crippen LogP contribution in [0.15, 0.2) is 43.0 Å². The number of imidazole rings is 1. The maximum atomic E-state index is 4.41. The Morgan fingerprint density at radius 1 is 1.28 bits per heavy atom. The molecular weight excluding hydrogens is 226 g/mol. The Balaban J connectivity index is 2.15. The molecule has 0 fully saturated rings. The van der Waals surface area contributed by atoms with E-state index in [4.69, 9.17) is 0 Å². The molecule has 1 N–H and O–H groups in total. The molecule has 3 rings (SSSR count). The van der Waals surface area contributed by atoms with Crippen molar-refractivity contribution in [2.45, 2.75) is 6.04 Å². The third-order valence-corrected chi connectivity index (χ3v) is 3.17. The maximum Gasteiger partial charge on any atom is 0.130 e. The largest absolute Gasteiger partial charge is 0.336 e. The van der Waals surface area contributed by atoms with Crippen molar-refractivity contribution in [1.82, 2.24) is 24.5 Å². The number of nitrogens with one attached hydrogen (secondary N) is 1. The number of aryl methyl sites for hydroxylation is 1. The molecule has 0 saturated heterocycles. The van der Waals surface area contributed by atoms with E-state index >= 15 is 0 Å². The Labute approximate surface area is 105 Å². The molecule has 3 heterocycles. The molecule has 0 aliphatic rings. The number of hydrogen-bond donors (Lipinski definition) is 1. The highest BCUT2D eigenvalue weighted by atomic mass is 15.2. The Hall–Kier alpha value is -2.14. The molecule has 0 radical (unpaired) electrons. The Morgan fingerprint density at radius 3 is 2.89 bits per heavy atom. The van der Waals surface area contributed by atoms with E-state index in [0.717, 1.165) is 16.9 Å². The molecule has 1 unspecified atom stereocenters. The predicted molar refractivity (Wildman–Crippen MR) is 69.3 cm³/mol. The SMILES string of the molecule is CNC(c1cnn2ccccc12)c1nccn1C. The van der Waals surface area contributed by atoms with Crippen LogP contribution in [0.3, 0.4) is 0 Å². The quantitative estimate of drug-likeness (QED) is 0.753. The second kappa shape index (κ2) is 4.27. The molecule has 5 heteroatoms. The number of aromatic nitrogens is 4. The average Bonchev–Trinajstić information content (AvgIpc) is 2.99. The van der Waals surface area contributed by atoms with E-state index in [1.807, 2.05) is 60.1 Å². The zero-order valence-corrected chi connectivity index (χ0v) is 10.4. The second-order valence-electron chi connectivity index (χ2n) is 4.25. The standard InChI is InChI=1S/C13H15N5/c1-14-12(13-15-6-8-17(13)2)10-9-16-18-7-4-3-5-11(10)18/h3-9,12,14H,1-2H3. The molecule has 0 saturated carbocycles. The van der Waals surface area contributed by atoms with Gasteiger partial charge in [0, 0.05) is 31.2 Å². The summed E-state index contributed by atoms with van der Waals surface area (Å²) in [5.74, 6) is 0.983. The van der Waals surface area contributed by atoms with Crippen molar-refractivity contribution in [3.05, 3.63) is 54.4 Å². The van der Waals surface area contributed by atoms with Crippen LogP contribution in [0.25, 0.3) is 5.52 Å². The van der Waals surface area contributed by atoms with Gasteiger partial charge < -0.3 is 9.88 Å². The number of hydrogen-bond acceptors (Lipinski definition) is 3. The molecule has 0 aliphatic heterocycles. The van der Waals surface area contributed by atoms with Crippen LogP contribution < -0.4 is 5.32 Å². The van der Waals surface area contributed by atoms with Crippen LogP contribution in [0.1, 0.15) is 17.4 Å². The third-order valence-electron chi connectivity index (χ3n) is 3.17. The van der Waals surface area contributed by atoms with Crippen molar-refractivity contribution >= 4 is 5.52 Å². The fraction of sp³-hybridized carbons (Fsp3) is 0.231. The summed E-state index contributed by atoms with van der Waals surface area (Å²) in [6.07, 6.45) is 7.60. The zero-order chi connectivity index (χ0) is 12.5. The highest BCUT2D eigenvalue weighted by Crippen LogP contribution is 2.23. The van der Waals surface area contributed by atoms with E-state index in [-0.39, 0.29) is 6.04 Å². The van der Waals surface area contributed by atoms with Crippen molar-refractivity contribution in [2.24, 2.45) is 7.05 Å². The Bertz CT molecular complexity index is 667. The lowest BCUT2D eigenvalue weighted by Crippen LogP contribution is -2.21. The van der Waals surface area contributed by atoms with Crippen LogP contribution in [0.2, 0.25) is 0 Å². The molecule has 0 amide bonds. The molecule has 3 aromatic heterocycles. The van der Waals surface area contributed by atoms with Gasteiger partial charge in [-0.1, -0.05) is 6.07 Å². The number of pyridine rings is 1. The van der Waals surface area contributed by atoms with Crippen molar-refractivity contribution in [3.63, 3.8) is 0 Å². The molecule has 18 heavy (non-hydrogen) atoms. The minimum absolute atomic E-state index is 0.0462. The molecular formula is C13H15N5. The van der Waals surface area contributed by atoms with Gasteiger partial charge in [-0.15, -0.1) is 0 Å². The number of fused-ring (bicyclic) bond motifs is 1. The average molecular weight is 241 g/mol. The van der Waals surface area contributed by atoms with Crippen LogP contribution in [0.4, 0.5) is 0 Å². The topological polar surface area (TPSA) is 47.1 Å². The molecule has 0 bridgehead atoms. The van der Waals surface area contributed by atoms with Crippen LogP contribution in [0.5, 0.6) is 0 Å². The molecule has 92 valence electrons. The lowest BCUT2D eigenvalue weighted by atomic mass is 10.1. The van der Waals surface area contributed by atoms with E-state index in [1.54, 1.807) is 0 Å². The summed E-state index contributed by atoms with van der Waals surface area (Å²) >= 11 is 0. The minimum atomic E-state index is 0.0462. The van der Waals surface area contributed by atoms with Crippen LogP contribution in [-0.4, -0.2) is 26.2 Å². The van der Waals surface area contributed by atoms with Gasteiger partial charge in [-0.05, 0) is 19.2 Å². The lowest BCUT2D eigenvalue weighted by molar-refractivity contribution is 0.621. The molecule has 0 spiro atoms. The van der Waals surface area contributed by atoms with Gasteiger partial charge in [0.25, 0.3) is 0 Å². The minimum Gasteiger partial charge on any atom is -0.336 e. The lowest BCUT2D eigenvalue weighted by Gasteiger charge is -2.14. The summed E-state index contributed by atoms with van der Waals surface area (Å²) in [5, 5.41) is 7.67. The summed E-state index contributed by atoms with van der Waals surface area (Å²) in [6.45, 7) is 0. The first-order chi connectivity index (χ1) is 8.81. The first-order valence-corrected chi connectivity index (χ1v) is 5.88. The van der Waals surface area contributed by atoms with E-state index in [1.165, 1.54) is 0 Å². The van der Waals surface area contributed by atoms with Gasteiger partial charge in [0.15, 0.2) is 0 Å². The summed E-state index contributed by atoms with van der Waals surface area (Å²) in [4.78, 5) is 4.41. The molecule has 0 aromatic carbocycles. The third kappa shape index (κ3) is 1.60. The molecule has 0 aliphatic carbocycles. The van der Waals surface area contributed by atoms with Gasteiger partial charge in [0.1, 0.15) is 5.82 Å². The highest BCUT2D eigenvalue weighted by Gasteiger charge is 2.19. The van der Waals surface area contributed by atoms with Gasteiger partial charge in [0.05, 0.1) is 17.8 Å². The maximum absolute atomic E-state index is 4.41. The summed E-state index contributed by atoms with van der Waals surface area (Å²) in [5.41, 5.74) is 2.23. The van der Waals surface area contributed by atoms with Crippen LogP contribution in [-0.2, 0) is 7.05 Å². The van der Waals surface area contributed by atoms with Gasteiger partial charge in [-0.3, -0.25) is 0 Å². The van der Waals surface area contributed by atoms with Gasteiger partial charge >= 0.3 is 0 Å². The fourth-order valence-electron chi connectivity index (χ4n) is 2.26. The van der Waals surface area contributed by atoms with Gasteiger partial charge in [0.2, 0.25) is 0 Å². The van der Waals surface area contributed by atoms with Crippen molar-refractivity contribution < 1.29 is 0 Å². The van der Waals surface area contributed by atoms with Crippen LogP contribution >= 0.6 is 0 Å². The van der Waals surface area contributed by atoms with Crippen molar-refractivity contribution in [1.29, 1.82) is 0 Å².